The number of carbonyl (C=O) groups excluding carboxylic acids is 2. The number of rotatable bonds is 4. The molecule has 3 amide bonds. The molecule has 136 valence electrons. The molecule has 0 bridgehead atoms. The standard InChI is InChI=1S/C18H31N3O2S/c1-2-19-17(23)20-11-9-18(10-12-20)21(13-14-24-18)16(22)8-7-15-5-3-4-6-15/h15H,2-14H2,1H3,(H,19,23). The van der Waals surface area contributed by atoms with Crippen LogP contribution in [0, 0.1) is 5.92 Å². The number of nitrogens with one attached hydrogen (secondary N) is 1. The summed E-state index contributed by atoms with van der Waals surface area (Å²) in [6.45, 7) is 5.01. The van der Waals surface area contributed by atoms with Gasteiger partial charge in [0.15, 0.2) is 0 Å². The van der Waals surface area contributed by atoms with E-state index in [0.717, 1.165) is 50.6 Å². The lowest BCUT2D eigenvalue weighted by Gasteiger charge is -2.44. The average molecular weight is 354 g/mol. The Morgan fingerprint density at radius 1 is 1.17 bits per heavy atom. The Morgan fingerprint density at radius 2 is 1.88 bits per heavy atom. The molecule has 1 spiro atoms. The maximum atomic E-state index is 12.8. The number of hydrogen-bond acceptors (Lipinski definition) is 3. The molecule has 0 aromatic heterocycles. The Hall–Kier alpha value is -0.910. The molecule has 24 heavy (non-hydrogen) atoms. The van der Waals surface area contributed by atoms with Gasteiger partial charge in [-0.3, -0.25) is 4.79 Å². The van der Waals surface area contributed by atoms with E-state index in [1.165, 1.54) is 25.7 Å². The summed E-state index contributed by atoms with van der Waals surface area (Å²) < 4.78 is 0. The van der Waals surface area contributed by atoms with Gasteiger partial charge in [-0.25, -0.2) is 4.79 Å². The number of likely N-dealkylation sites (tertiary alicyclic amines) is 1. The minimum absolute atomic E-state index is 0.0365. The van der Waals surface area contributed by atoms with Gasteiger partial charge in [-0.05, 0) is 32.1 Å². The lowest BCUT2D eigenvalue weighted by molar-refractivity contribution is -0.135. The molecule has 1 aliphatic carbocycles. The molecule has 0 atom stereocenters. The maximum Gasteiger partial charge on any atom is 0.317 e. The van der Waals surface area contributed by atoms with Gasteiger partial charge >= 0.3 is 6.03 Å². The van der Waals surface area contributed by atoms with E-state index < -0.39 is 0 Å². The maximum absolute atomic E-state index is 12.8. The highest BCUT2D eigenvalue weighted by atomic mass is 32.2. The molecule has 0 radical (unpaired) electrons. The van der Waals surface area contributed by atoms with Crippen molar-refractivity contribution in [3.05, 3.63) is 0 Å². The van der Waals surface area contributed by atoms with Crippen molar-refractivity contribution in [1.82, 2.24) is 15.1 Å². The number of urea groups is 1. The molecule has 2 saturated heterocycles. The zero-order chi connectivity index (χ0) is 17.0. The largest absolute Gasteiger partial charge is 0.338 e. The Balaban J connectivity index is 1.53. The Morgan fingerprint density at radius 3 is 2.54 bits per heavy atom. The summed E-state index contributed by atoms with van der Waals surface area (Å²) in [6.07, 6.45) is 8.92. The van der Waals surface area contributed by atoms with Gasteiger partial charge in [0, 0.05) is 38.4 Å². The Bertz CT molecular complexity index is 457. The number of nitrogens with zero attached hydrogens (tertiary/aromatic N) is 2. The highest BCUT2D eigenvalue weighted by molar-refractivity contribution is 8.00. The lowest BCUT2D eigenvalue weighted by atomic mass is 9.99. The molecule has 3 aliphatic rings. The van der Waals surface area contributed by atoms with Crippen molar-refractivity contribution in [2.75, 3.05) is 31.9 Å². The van der Waals surface area contributed by atoms with Crippen molar-refractivity contribution in [2.45, 2.75) is 63.2 Å². The van der Waals surface area contributed by atoms with Crippen molar-refractivity contribution in [3.63, 3.8) is 0 Å². The first-order valence-corrected chi connectivity index (χ1v) is 10.6. The Kier molecular flexibility index (Phi) is 5.95. The summed E-state index contributed by atoms with van der Waals surface area (Å²) >= 11 is 1.93. The molecule has 1 saturated carbocycles. The summed E-state index contributed by atoms with van der Waals surface area (Å²) in [7, 11) is 0. The minimum Gasteiger partial charge on any atom is -0.338 e. The predicted octanol–water partition coefficient (Wildman–Crippen LogP) is 3.05. The van der Waals surface area contributed by atoms with E-state index in [4.69, 9.17) is 0 Å². The average Bonchev–Trinajstić information content (AvgIpc) is 3.24. The predicted molar refractivity (Wildman–Crippen MR) is 98.0 cm³/mol. The van der Waals surface area contributed by atoms with Crippen molar-refractivity contribution in [2.24, 2.45) is 5.92 Å². The summed E-state index contributed by atoms with van der Waals surface area (Å²) in [5.74, 6) is 2.16. The fraction of sp³-hybridized carbons (Fsp3) is 0.889. The normalized spacial score (nSPS) is 23.9. The molecule has 3 fully saturated rings. The number of thioether (sulfide) groups is 1. The monoisotopic (exact) mass is 353 g/mol. The van der Waals surface area contributed by atoms with Crippen LogP contribution >= 0.6 is 11.8 Å². The van der Waals surface area contributed by atoms with Crippen molar-refractivity contribution < 1.29 is 9.59 Å². The Labute approximate surface area is 149 Å². The quantitative estimate of drug-likeness (QED) is 0.845. The fourth-order valence-electron chi connectivity index (χ4n) is 4.46. The van der Waals surface area contributed by atoms with Crippen LogP contribution < -0.4 is 5.32 Å². The molecule has 2 aliphatic heterocycles. The third-order valence-corrected chi connectivity index (χ3v) is 7.43. The van der Waals surface area contributed by atoms with Gasteiger partial charge in [-0.1, -0.05) is 25.7 Å². The van der Waals surface area contributed by atoms with Crippen molar-refractivity contribution in [1.29, 1.82) is 0 Å². The highest BCUT2D eigenvalue weighted by Crippen LogP contribution is 2.44. The second-order valence-corrected chi connectivity index (χ2v) is 8.81. The summed E-state index contributed by atoms with van der Waals surface area (Å²) in [5, 5.41) is 2.88. The first-order chi connectivity index (χ1) is 11.6. The zero-order valence-electron chi connectivity index (χ0n) is 14.9. The van der Waals surface area contributed by atoms with Gasteiger partial charge < -0.3 is 15.1 Å². The van der Waals surface area contributed by atoms with E-state index >= 15 is 0 Å². The van der Waals surface area contributed by atoms with E-state index in [1.54, 1.807) is 0 Å². The fourth-order valence-corrected chi connectivity index (χ4v) is 5.93. The van der Waals surface area contributed by atoms with Crippen LogP contribution in [0.1, 0.15) is 58.3 Å². The van der Waals surface area contributed by atoms with Crippen molar-refractivity contribution in [3.8, 4) is 0 Å². The molecular weight excluding hydrogens is 322 g/mol. The molecule has 3 rings (SSSR count). The van der Waals surface area contributed by atoms with E-state index in [0.29, 0.717) is 18.9 Å². The van der Waals surface area contributed by atoms with Gasteiger partial charge in [0.05, 0.1) is 4.87 Å². The van der Waals surface area contributed by atoms with Crippen LogP contribution in [-0.2, 0) is 4.79 Å². The summed E-state index contributed by atoms with van der Waals surface area (Å²) in [4.78, 5) is 28.8. The van der Waals surface area contributed by atoms with Crippen LogP contribution in [-0.4, -0.2) is 58.5 Å². The molecule has 1 N–H and O–H groups in total. The minimum atomic E-state index is -0.0459. The molecule has 2 heterocycles. The smallest absolute Gasteiger partial charge is 0.317 e. The van der Waals surface area contributed by atoms with E-state index in [1.807, 2.05) is 23.6 Å². The third-order valence-electron chi connectivity index (χ3n) is 5.88. The van der Waals surface area contributed by atoms with Gasteiger partial charge in [-0.15, -0.1) is 11.8 Å². The molecular formula is C18H31N3O2S. The van der Waals surface area contributed by atoms with Gasteiger partial charge in [0.2, 0.25) is 5.91 Å². The molecule has 0 aromatic carbocycles. The molecule has 5 nitrogen and oxygen atoms in total. The van der Waals surface area contributed by atoms with Gasteiger partial charge in [0.1, 0.15) is 0 Å². The zero-order valence-corrected chi connectivity index (χ0v) is 15.7. The number of carbonyl (C=O) groups is 2. The summed E-state index contributed by atoms with van der Waals surface area (Å²) in [6, 6.07) is 0.0365. The van der Waals surface area contributed by atoms with Crippen LogP contribution in [0.2, 0.25) is 0 Å². The lowest BCUT2D eigenvalue weighted by Crippen LogP contribution is -2.55. The summed E-state index contributed by atoms with van der Waals surface area (Å²) in [5.41, 5.74) is 0. The van der Waals surface area contributed by atoms with Crippen LogP contribution in [0.25, 0.3) is 0 Å². The third kappa shape index (κ3) is 3.84. The second kappa shape index (κ2) is 7.98. The van der Waals surface area contributed by atoms with E-state index in [2.05, 4.69) is 10.2 Å². The highest BCUT2D eigenvalue weighted by Gasteiger charge is 2.46. The first kappa shape index (κ1) is 17.9. The molecule has 0 aromatic rings. The van der Waals surface area contributed by atoms with E-state index in [9.17, 15) is 9.59 Å². The van der Waals surface area contributed by atoms with Crippen LogP contribution in [0.15, 0.2) is 0 Å². The van der Waals surface area contributed by atoms with Gasteiger partial charge in [-0.2, -0.15) is 0 Å². The van der Waals surface area contributed by atoms with Crippen LogP contribution in [0.3, 0.4) is 0 Å². The van der Waals surface area contributed by atoms with Crippen LogP contribution in [0.4, 0.5) is 4.79 Å². The SMILES string of the molecule is CCNC(=O)N1CCC2(CC1)SCCN2C(=O)CCC1CCCC1. The van der Waals surface area contributed by atoms with Crippen molar-refractivity contribution >= 4 is 23.7 Å². The topological polar surface area (TPSA) is 52.7 Å². The van der Waals surface area contributed by atoms with Crippen LogP contribution in [0.5, 0.6) is 0 Å². The first-order valence-electron chi connectivity index (χ1n) is 9.62. The molecule has 0 unspecified atom stereocenters. The number of piperidine rings is 1. The second-order valence-electron chi connectivity index (χ2n) is 7.35. The number of hydrogen-bond donors (Lipinski definition) is 1. The van der Waals surface area contributed by atoms with Gasteiger partial charge in [0.25, 0.3) is 0 Å². The molecule has 6 heteroatoms. The number of amides is 3. The van der Waals surface area contributed by atoms with E-state index in [-0.39, 0.29) is 10.9 Å².